The molecule has 1 N–H and O–H groups in total. The van der Waals surface area contributed by atoms with Crippen molar-refractivity contribution < 1.29 is 8.42 Å². The van der Waals surface area contributed by atoms with Crippen molar-refractivity contribution in [2.24, 2.45) is 5.92 Å². The highest BCUT2D eigenvalue weighted by Crippen LogP contribution is 2.33. The molecule has 0 bridgehead atoms. The number of rotatable bonds is 5. The second-order valence-corrected chi connectivity index (χ2v) is 7.92. The van der Waals surface area contributed by atoms with Crippen LogP contribution in [0.5, 0.6) is 0 Å². The van der Waals surface area contributed by atoms with Crippen molar-refractivity contribution in [3.63, 3.8) is 0 Å². The van der Waals surface area contributed by atoms with E-state index in [1.165, 1.54) is 0 Å². The summed E-state index contributed by atoms with van der Waals surface area (Å²) in [6.45, 7) is 5.96. The molecular formula is C13H27NO2S. The Balaban J connectivity index is 2.90. The highest BCUT2D eigenvalue weighted by Gasteiger charge is 2.39. The van der Waals surface area contributed by atoms with E-state index in [-0.39, 0.29) is 16.5 Å². The number of nitrogens with one attached hydrogen (secondary N) is 1. The SMILES string of the molecule is CCC1CCC(NC)C(S(=O)(=O)C(C)CC)C1. The van der Waals surface area contributed by atoms with Gasteiger partial charge in [-0.15, -0.1) is 0 Å². The average Bonchev–Trinajstić information content (AvgIpc) is 2.36. The van der Waals surface area contributed by atoms with Crippen molar-refractivity contribution >= 4 is 9.84 Å². The fourth-order valence-electron chi connectivity index (χ4n) is 2.81. The van der Waals surface area contributed by atoms with Crippen LogP contribution in [-0.4, -0.2) is 32.0 Å². The van der Waals surface area contributed by atoms with Crippen LogP contribution in [0.2, 0.25) is 0 Å². The Morgan fingerprint density at radius 3 is 2.41 bits per heavy atom. The van der Waals surface area contributed by atoms with Crippen molar-refractivity contribution in [1.82, 2.24) is 5.32 Å². The smallest absolute Gasteiger partial charge is 0.157 e. The predicted molar refractivity (Wildman–Crippen MR) is 72.9 cm³/mol. The van der Waals surface area contributed by atoms with Crippen molar-refractivity contribution in [2.45, 2.75) is 69.4 Å². The van der Waals surface area contributed by atoms with Crippen LogP contribution in [-0.2, 0) is 9.84 Å². The molecule has 0 amide bonds. The van der Waals surface area contributed by atoms with Gasteiger partial charge >= 0.3 is 0 Å². The largest absolute Gasteiger partial charge is 0.316 e. The molecule has 0 spiro atoms. The first-order valence-electron chi connectivity index (χ1n) is 6.87. The van der Waals surface area contributed by atoms with E-state index >= 15 is 0 Å². The van der Waals surface area contributed by atoms with Gasteiger partial charge in [0.05, 0.1) is 10.5 Å². The molecule has 1 saturated carbocycles. The van der Waals surface area contributed by atoms with Gasteiger partial charge in [0, 0.05) is 6.04 Å². The summed E-state index contributed by atoms with van der Waals surface area (Å²) in [5, 5.41) is 2.82. The van der Waals surface area contributed by atoms with Crippen molar-refractivity contribution in [3.05, 3.63) is 0 Å². The molecule has 0 aliphatic heterocycles. The maximum Gasteiger partial charge on any atom is 0.157 e. The summed E-state index contributed by atoms with van der Waals surface area (Å²) < 4.78 is 25.0. The van der Waals surface area contributed by atoms with E-state index in [4.69, 9.17) is 0 Å². The Hall–Kier alpha value is -0.0900. The van der Waals surface area contributed by atoms with Crippen molar-refractivity contribution in [2.75, 3.05) is 7.05 Å². The molecule has 4 atom stereocenters. The van der Waals surface area contributed by atoms with Gasteiger partial charge in [-0.25, -0.2) is 8.42 Å². The molecule has 0 aromatic carbocycles. The van der Waals surface area contributed by atoms with Gasteiger partial charge in [-0.1, -0.05) is 20.3 Å². The fourth-order valence-corrected chi connectivity index (χ4v) is 5.14. The van der Waals surface area contributed by atoms with Gasteiger partial charge in [0.2, 0.25) is 0 Å². The van der Waals surface area contributed by atoms with E-state index in [2.05, 4.69) is 12.2 Å². The van der Waals surface area contributed by atoms with Gasteiger partial charge in [-0.3, -0.25) is 0 Å². The van der Waals surface area contributed by atoms with Gasteiger partial charge in [0.15, 0.2) is 9.84 Å². The fraction of sp³-hybridized carbons (Fsp3) is 1.00. The maximum absolute atomic E-state index is 12.5. The molecule has 17 heavy (non-hydrogen) atoms. The number of hydrogen-bond acceptors (Lipinski definition) is 3. The topological polar surface area (TPSA) is 46.2 Å². The highest BCUT2D eigenvalue weighted by molar-refractivity contribution is 7.92. The molecule has 0 heterocycles. The number of sulfone groups is 1. The average molecular weight is 261 g/mol. The van der Waals surface area contributed by atoms with Gasteiger partial charge < -0.3 is 5.32 Å². The van der Waals surface area contributed by atoms with Gasteiger partial charge in [0.1, 0.15) is 0 Å². The summed E-state index contributed by atoms with van der Waals surface area (Å²) >= 11 is 0. The summed E-state index contributed by atoms with van der Waals surface area (Å²) in [6, 6.07) is 0.150. The minimum absolute atomic E-state index is 0.150. The van der Waals surface area contributed by atoms with Crippen LogP contribution in [0.4, 0.5) is 0 Å². The summed E-state index contributed by atoms with van der Waals surface area (Å²) in [5.41, 5.74) is 0. The van der Waals surface area contributed by atoms with Crippen LogP contribution in [0.1, 0.15) is 52.9 Å². The first kappa shape index (κ1) is 15.0. The molecule has 1 fully saturated rings. The van der Waals surface area contributed by atoms with Crippen molar-refractivity contribution in [3.8, 4) is 0 Å². The predicted octanol–water partition coefficient (Wildman–Crippen LogP) is 2.37. The second kappa shape index (κ2) is 6.19. The Labute approximate surface area is 106 Å². The third-order valence-electron chi connectivity index (χ3n) is 4.41. The third-order valence-corrected chi connectivity index (χ3v) is 7.23. The molecule has 0 saturated heterocycles. The van der Waals surface area contributed by atoms with Crippen LogP contribution in [0.15, 0.2) is 0 Å². The van der Waals surface area contributed by atoms with Crippen LogP contribution >= 0.6 is 0 Å². The van der Waals surface area contributed by atoms with Crippen molar-refractivity contribution in [1.29, 1.82) is 0 Å². The highest BCUT2D eigenvalue weighted by atomic mass is 32.2. The molecule has 4 heteroatoms. The lowest BCUT2D eigenvalue weighted by Crippen LogP contribution is -2.49. The quantitative estimate of drug-likeness (QED) is 0.826. The van der Waals surface area contributed by atoms with Gasteiger partial charge in [-0.2, -0.15) is 0 Å². The van der Waals surface area contributed by atoms with Gasteiger partial charge in [0.25, 0.3) is 0 Å². The summed E-state index contributed by atoms with van der Waals surface area (Å²) in [4.78, 5) is 0. The third kappa shape index (κ3) is 3.22. The van der Waals surface area contributed by atoms with E-state index in [1.807, 2.05) is 20.9 Å². The Bertz CT molecular complexity index is 326. The van der Waals surface area contributed by atoms with E-state index in [0.717, 1.165) is 25.7 Å². The van der Waals surface area contributed by atoms with E-state index in [1.54, 1.807) is 0 Å². The molecule has 1 aliphatic carbocycles. The van der Waals surface area contributed by atoms with Gasteiger partial charge in [-0.05, 0) is 45.6 Å². The Morgan fingerprint density at radius 2 is 1.94 bits per heavy atom. The maximum atomic E-state index is 12.5. The minimum atomic E-state index is -2.98. The zero-order valence-corrected chi connectivity index (χ0v) is 12.4. The van der Waals surface area contributed by atoms with E-state index < -0.39 is 9.84 Å². The Kier molecular flexibility index (Phi) is 5.45. The first-order chi connectivity index (χ1) is 7.97. The Morgan fingerprint density at radius 1 is 1.29 bits per heavy atom. The molecule has 1 rings (SSSR count). The zero-order valence-electron chi connectivity index (χ0n) is 11.6. The standard InChI is InChI=1S/C13H27NO2S/c1-5-10(3)17(15,16)13-9-11(6-2)7-8-12(13)14-4/h10-14H,5-9H2,1-4H3. The summed E-state index contributed by atoms with van der Waals surface area (Å²) in [7, 11) is -1.09. The molecule has 0 aromatic rings. The summed E-state index contributed by atoms with van der Waals surface area (Å²) in [5.74, 6) is 0.587. The van der Waals surface area contributed by atoms with Crippen LogP contribution < -0.4 is 5.32 Å². The van der Waals surface area contributed by atoms with Crippen LogP contribution in [0, 0.1) is 5.92 Å². The molecule has 0 aromatic heterocycles. The second-order valence-electron chi connectivity index (χ2n) is 5.33. The monoisotopic (exact) mass is 261 g/mol. The van der Waals surface area contributed by atoms with Crippen LogP contribution in [0.25, 0.3) is 0 Å². The molecule has 3 nitrogen and oxygen atoms in total. The van der Waals surface area contributed by atoms with E-state index in [9.17, 15) is 8.42 Å². The molecular weight excluding hydrogens is 234 g/mol. The normalized spacial score (nSPS) is 32.4. The summed E-state index contributed by atoms with van der Waals surface area (Å²) in [6.07, 6.45) is 4.81. The lowest BCUT2D eigenvalue weighted by molar-refractivity contribution is 0.295. The lowest BCUT2D eigenvalue weighted by Gasteiger charge is -2.36. The van der Waals surface area contributed by atoms with Crippen LogP contribution in [0.3, 0.4) is 0 Å². The molecule has 4 unspecified atom stereocenters. The number of hydrogen-bond donors (Lipinski definition) is 1. The molecule has 0 radical (unpaired) electrons. The molecule has 102 valence electrons. The molecule has 1 aliphatic rings. The minimum Gasteiger partial charge on any atom is -0.316 e. The zero-order chi connectivity index (χ0) is 13.1. The lowest BCUT2D eigenvalue weighted by atomic mass is 9.84. The van der Waals surface area contributed by atoms with E-state index in [0.29, 0.717) is 12.3 Å². The first-order valence-corrected chi connectivity index (χ1v) is 8.48.